The van der Waals surface area contributed by atoms with E-state index in [0.717, 1.165) is 4.47 Å². The molecule has 2 rings (SSSR count). The number of aliphatic hydroxyl groups is 1. The Morgan fingerprint density at radius 2 is 2.00 bits per heavy atom. The quantitative estimate of drug-likeness (QED) is 0.554. The highest BCUT2D eigenvalue weighted by molar-refractivity contribution is 9.10. The van der Waals surface area contributed by atoms with Gasteiger partial charge in [0.1, 0.15) is 5.75 Å². The Kier molecular flexibility index (Phi) is 8.37. The standard InChI is InChI=1S/C21H22BrClN2O4/c1-12(2)14(11-26)10-24-20(27)13-4-7-19(29-3)16(8-13)21(28)25-18-6-5-15(22)9-17(18)23/h4-10,12,14,26H,11H2,1-3H3,(H,25,28). The van der Waals surface area contributed by atoms with Gasteiger partial charge in [-0.25, -0.2) is 4.99 Å². The van der Waals surface area contributed by atoms with Crippen LogP contribution in [0.2, 0.25) is 5.02 Å². The summed E-state index contributed by atoms with van der Waals surface area (Å²) in [6.07, 6.45) is 1.44. The molecule has 0 aromatic heterocycles. The topological polar surface area (TPSA) is 88.0 Å². The van der Waals surface area contributed by atoms with Gasteiger partial charge in [-0.05, 0) is 42.3 Å². The molecule has 29 heavy (non-hydrogen) atoms. The van der Waals surface area contributed by atoms with Crippen molar-refractivity contribution in [2.45, 2.75) is 13.8 Å². The third-order valence-electron chi connectivity index (χ3n) is 4.32. The minimum atomic E-state index is -0.512. The zero-order valence-electron chi connectivity index (χ0n) is 16.3. The molecule has 8 heteroatoms. The van der Waals surface area contributed by atoms with E-state index in [0.29, 0.717) is 16.5 Å². The molecular formula is C21H22BrClN2O4. The lowest BCUT2D eigenvalue weighted by molar-refractivity contribution is 0.100. The number of aliphatic hydroxyl groups excluding tert-OH is 1. The number of carbonyl (C=O) groups is 2. The number of ether oxygens (including phenoxy) is 1. The van der Waals surface area contributed by atoms with Crippen LogP contribution in [-0.4, -0.2) is 36.9 Å². The molecule has 1 unspecified atom stereocenters. The number of hydrogen-bond donors (Lipinski definition) is 2. The molecule has 0 aliphatic carbocycles. The van der Waals surface area contributed by atoms with Crippen molar-refractivity contribution < 1.29 is 19.4 Å². The van der Waals surface area contributed by atoms with Crippen LogP contribution in [0.5, 0.6) is 5.75 Å². The average molecular weight is 482 g/mol. The van der Waals surface area contributed by atoms with E-state index in [1.54, 1.807) is 18.2 Å². The maximum Gasteiger partial charge on any atom is 0.276 e. The van der Waals surface area contributed by atoms with Crippen molar-refractivity contribution in [3.63, 3.8) is 0 Å². The number of methoxy groups -OCH3 is 1. The first kappa shape index (κ1) is 23.1. The number of hydrogen-bond acceptors (Lipinski definition) is 4. The van der Waals surface area contributed by atoms with E-state index in [1.165, 1.54) is 31.5 Å². The van der Waals surface area contributed by atoms with Gasteiger partial charge in [0.2, 0.25) is 0 Å². The van der Waals surface area contributed by atoms with E-state index in [4.69, 9.17) is 16.3 Å². The summed E-state index contributed by atoms with van der Waals surface area (Å²) < 4.78 is 6.03. The van der Waals surface area contributed by atoms with Crippen LogP contribution in [0.3, 0.4) is 0 Å². The van der Waals surface area contributed by atoms with Crippen LogP contribution in [-0.2, 0) is 0 Å². The molecule has 0 saturated heterocycles. The predicted octanol–water partition coefficient (Wildman–Crippen LogP) is 4.84. The molecule has 2 N–H and O–H groups in total. The highest BCUT2D eigenvalue weighted by Crippen LogP contribution is 2.28. The molecule has 154 valence electrons. The third-order valence-corrected chi connectivity index (χ3v) is 5.13. The minimum Gasteiger partial charge on any atom is -0.496 e. The molecule has 0 bridgehead atoms. The van der Waals surface area contributed by atoms with Gasteiger partial charge < -0.3 is 15.2 Å². The first-order valence-corrected chi connectivity index (χ1v) is 10.1. The minimum absolute atomic E-state index is 0.0985. The zero-order chi connectivity index (χ0) is 21.6. The number of anilines is 1. The van der Waals surface area contributed by atoms with E-state index in [9.17, 15) is 14.7 Å². The Labute approximate surface area is 183 Å². The summed E-state index contributed by atoms with van der Waals surface area (Å²) in [5, 5.41) is 12.4. The molecule has 2 aromatic carbocycles. The van der Waals surface area contributed by atoms with Gasteiger partial charge in [0.15, 0.2) is 0 Å². The van der Waals surface area contributed by atoms with Crippen molar-refractivity contribution in [3.8, 4) is 5.75 Å². The third kappa shape index (κ3) is 6.13. The average Bonchev–Trinajstić information content (AvgIpc) is 2.69. The van der Waals surface area contributed by atoms with E-state index in [2.05, 4.69) is 26.2 Å². The van der Waals surface area contributed by atoms with Gasteiger partial charge in [-0.15, -0.1) is 0 Å². The Hall–Kier alpha value is -2.22. The van der Waals surface area contributed by atoms with Gasteiger partial charge in [-0.1, -0.05) is 41.4 Å². The molecule has 2 amide bonds. The summed E-state index contributed by atoms with van der Waals surface area (Å²) in [4.78, 5) is 29.1. The normalized spacial score (nSPS) is 12.2. The van der Waals surface area contributed by atoms with E-state index < -0.39 is 11.8 Å². The Morgan fingerprint density at radius 3 is 2.59 bits per heavy atom. The summed E-state index contributed by atoms with van der Waals surface area (Å²) in [5.41, 5.74) is 0.837. The van der Waals surface area contributed by atoms with Crippen LogP contribution in [0, 0.1) is 11.8 Å². The van der Waals surface area contributed by atoms with Crippen molar-refractivity contribution in [3.05, 3.63) is 57.0 Å². The molecular weight excluding hydrogens is 460 g/mol. The van der Waals surface area contributed by atoms with Crippen molar-refractivity contribution >= 4 is 51.2 Å². The van der Waals surface area contributed by atoms with E-state index in [1.807, 2.05) is 13.8 Å². The number of rotatable bonds is 7. The zero-order valence-corrected chi connectivity index (χ0v) is 18.6. The van der Waals surface area contributed by atoms with Gasteiger partial charge in [0.25, 0.3) is 11.8 Å². The molecule has 1 atom stereocenters. The van der Waals surface area contributed by atoms with E-state index >= 15 is 0 Å². The predicted molar refractivity (Wildman–Crippen MR) is 118 cm³/mol. The SMILES string of the molecule is COc1ccc(C(=O)N=CC(CO)C(C)C)cc1C(=O)Nc1ccc(Br)cc1Cl. The van der Waals surface area contributed by atoms with Crippen LogP contribution < -0.4 is 10.1 Å². The summed E-state index contributed by atoms with van der Waals surface area (Å²) in [7, 11) is 1.44. The van der Waals surface area contributed by atoms with Crippen molar-refractivity contribution in [2.75, 3.05) is 19.0 Å². The van der Waals surface area contributed by atoms with Gasteiger partial charge >= 0.3 is 0 Å². The number of aliphatic imine (C=N–C) groups is 1. The summed E-state index contributed by atoms with van der Waals surface area (Å²) in [6, 6.07) is 9.56. The number of halogens is 2. The monoisotopic (exact) mass is 480 g/mol. The maximum atomic E-state index is 12.8. The molecule has 0 aliphatic rings. The van der Waals surface area contributed by atoms with Gasteiger partial charge in [0, 0.05) is 22.2 Å². The van der Waals surface area contributed by atoms with Crippen molar-refractivity contribution in [2.24, 2.45) is 16.8 Å². The summed E-state index contributed by atoms with van der Waals surface area (Å²) >= 11 is 9.47. The first-order chi connectivity index (χ1) is 13.8. The van der Waals surface area contributed by atoms with Crippen molar-refractivity contribution in [1.29, 1.82) is 0 Å². The van der Waals surface area contributed by atoms with Gasteiger partial charge in [-0.2, -0.15) is 0 Å². The molecule has 0 radical (unpaired) electrons. The Bertz CT molecular complexity index is 931. The van der Waals surface area contributed by atoms with Crippen molar-refractivity contribution in [1.82, 2.24) is 0 Å². The highest BCUT2D eigenvalue weighted by atomic mass is 79.9. The number of nitrogens with zero attached hydrogens (tertiary/aromatic N) is 1. The van der Waals surface area contributed by atoms with Crippen LogP contribution in [0.15, 0.2) is 45.9 Å². The number of benzene rings is 2. The Balaban J connectivity index is 2.29. The molecule has 0 aliphatic heterocycles. The molecule has 6 nitrogen and oxygen atoms in total. The molecule has 0 heterocycles. The first-order valence-electron chi connectivity index (χ1n) is 8.90. The summed E-state index contributed by atoms with van der Waals surface area (Å²) in [5.74, 6) is -0.752. The van der Waals surface area contributed by atoms with Crippen LogP contribution in [0.4, 0.5) is 5.69 Å². The number of amides is 2. The van der Waals surface area contributed by atoms with E-state index in [-0.39, 0.29) is 29.6 Å². The fourth-order valence-corrected chi connectivity index (χ4v) is 3.19. The fourth-order valence-electron chi connectivity index (χ4n) is 2.47. The second-order valence-corrected chi connectivity index (χ2v) is 7.99. The largest absolute Gasteiger partial charge is 0.496 e. The lowest BCUT2D eigenvalue weighted by Crippen LogP contribution is -2.16. The van der Waals surface area contributed by atoms with Crippen LogP contribution >= 0.6 is 27.5 Å². The second kappa shape index (κ2) is 10.5. The number of carbonyl (C=O) groups excluding carboxylic acids is 2. The molecule has 0 fully saturated rings. The van der Waals surface area contributed by atoms with Gasteiger partial charge in [0.05, 0.1) is 30.0 Å². The van der Waals surface area contributed by atoms with Crippen LogP contribution in [0.25, 0.3) is 0 Å². The smallest absolute Gasteiger partial charge is 0.276 e. The highest BCUT2D eigenvalue weighted by Gasteiger charge is 2.17. The molecule has 0 saturated carbocycles. The maximum absolute atomic E-state index is 12.8. The van der Waals surface area contributed by atoms with Crippen LogP contribution in [0.1, 0.15) is 34.6 Å². The lowest BCUT2D eigenvalue weighted by atomic mass is 9.98. The molecule has 0 spiro atoms. The second-order valence-electron chi connectivity index (χ2n) is 6.67. The summed E-state index contributed by atoms with van der Waals surface area (Å²) in [6.45, 7) is 3.76. The lowest BCUT2D eigenvalue weighted by Gasteiger charge is -2.13. The molecule has 2 aromatic rings. The fraction of sp³-hybridized carbons (Fsp3) is 0.286. The Morgan fingerprint density at radius 1 is 1.28 bits per heavy atom. The number of nitrogens with one attached hydrogen (secondary N) is 1. The van der Waals surface area contributed by atoms with Gasteiger partial charge in [-0.3, -0.25) is 9.59 Å².